The zero-order chi connectivity index (χ0) is 17.7. The molecule has 1 saturated carbocycles. The van der Waals surface area contributed by atoms with Crippen LogP contribution in [0.5, 0.6) is 0 Å². The van der Waals surface area contributed by atoms with Crippen molar-refractivity contribution in [3.8, 4) is 0 Å². The number of aliphatic imine (C=N–C) groups is 1. The van der Waals surface area contributed by atoms with Gasteiger partial charge in [0.05, 0.1) is 10.8 Å². The van der Waals surface area contributed by atoms with Gasteiger partial charge in [-0.3, -0.25) is 14.6 Å². The number of nitrogens with zero attached hydrogens (tertiary/aromatic N) is 1. The summed E-state index contributed by atoms with van der Waals surface area (Å²) in [7, 11) is 0. The monoisotopic (exact) mass is 368 g/mol. The van der Waals surface area contributed by atoms with E-state index in [0.29, 0.717) is 16.7 Å². The molecule has 8 heteroatoms. The topological polar surface area (TPSA) is 104 Å². The predicted octanol–water partition coefficient (Wildman–Crippen LogP) is 3.58. The molecule has 2 rings (SSSR count). The number of H-pyrrole nitrogens is 2. The van der Waals surface area contributed by atoms with E-state index >= 15 is 0 Å². The summed E-state index contributed by atoms with van der Waals surface area (Å²) in [5.74, 6) is 1.54. The van der Waals surface area contributed by atoms with Crippen LogP contribution in [0.2, 0.25) is 0 Å². The number of anilines is 1. The van der Waals surface area contributed by atoms with E-state index in [2.05, 4.69) is 21.9 Å². The standard InChI is InChI=1S/C16H24N4O2S2/c1-9-6-4-3-5-7-11(9)12(21)8-24-10(2)18-14-13(17)15(22)20-16(23)19-14/h9,11H,3-8,17H2,1-2H3,(H2,19,20,22,23)/b18-10+. The van der Waals surface area contributed by atoms with Gasteiger partial charge in [0.25, 0.3) is 5.56 Å². The number of hydrogen-bond donors (Lipinski definition) is 3. The molecule has 132 valence electrons. The first-order valence-electron chi connectivity index (χ1n) is 8.21. The molecule has 0 amide bonds. The maximum Gasteiger partial charge on any atom is 0.277 e. The highest BCUT2D eigenvalue weighted by Crippen LogP contribution is 2.30. The zero-order valence-corrected chi connectivity index (χ0v) is 15.7. The summed E-state index contributed by atoms with van der Waals surface area (Å²) in [4.78, 5) is 33.6. The second-order valence-corrected chi connectivity index (χ2v) is 7.85. The summed E-state index contributed by atoms with van der Waals surface area (Å²) in [6, 6.07) is 0. The summed E-state index contributed by atoms with van der Waals surface area (Å²) in [5.41, 5.74) is 5.24. The Bertz CT molecular complexity index is 738. The first-order valence-corrected chi connectivity index (χ1v) is 9.60. The summed E-state index contributed by atoms with van der Waals surface area (Å²) >= 11 is 6.30. The lowest BCUT2D eigenvalue weighted by Crippen LogP contribution is -2.23. The Balaban J connectivity index is 2.02. The number of rotatable bonds is 4. The van der Waals surface area contributed by atoms with Gasteiger partial charge in [-0.05, 0) is 31.5 Å². The third-order valence-electron chi connectivity index (χ3n) is 4.43. The fourth-order valence-electron chi connectivity index (χ4n) is 3.02. The average Bonchev–Trinajstić information content (AvgIpc) is 2.74. The van der Waals surface area contributed by atoms with Crippen molar-refractivity contribution in [3.05, 3.63) is 15.1 Å². The highest BCUT2D eigenvalue weighted by Gasteiger charge is 2.26. The Morgan fingerprint density at radius 1 is 1.33 bits per heavy atom. The molecule has 0 spiro atoms. The Morgan fingerprint density at radius 3 is 2.79 bits per heavy atom. The molecule has 1 aromatic rings. The van der Waals surface area contributed by atoms with Gasteiger partial charge in [0, 0.05) is 5.92 Å². The minimum atomic E-state index is -0.460. The second kappa shape index (κ2) is 8.62. The summed E-state index contributed by atoms with van der Waals surface area (Å²) in [6.45, 7) is 3.97. The highest BCUT2D eigenvalue weighted by atomic mass is 32.2. The van der Waals surface area contributed by atoms with Gasteiger partial charge in [0.15, 0.2) is 10.6 Å². The minimum Gasteiger partial charge on any atom is -0.391 e. The quantitative estimate of drug-likeness (QED) is 0.326. The predicted molar refractivity (Wildman–Crippen MR) is 103 cm³/mol. The summed E-state index contributed by atoms with van der Waals surface area (Å²) < 4.78 is 0.175. The molecule has 0 aromatic carbocycles. The molecule has 0 radical (unpaired) electrons. The Hall–Kier alpha value is -1.41. The maximum absolute atomic E-state index is 12.5. The largest absolute Gasteiger partial charge is 0.391 e. The average molecular weight is 369 g/mol. The molecule has 6 nitrogen and oxygen atoms in total. The second-order valence-electron chi connectivity index (χ2n) is 6.28. The van der Waals surface area contributed by atoms with Crippen molar-refractivity contribution in [2.45, 2.75) is 46.0 Å². The lowest BCUT2D eigenvalue weighted by Gasteiger charge is -2.19. The molecule has 0 bridgehead atoms. The molecule has 4 N–H and O–H groups in total. The van der Waals surface area contributed by atoms with Crippen LogP contribution < -0.4 is 11.3 Å². The number of Topliss-reactive ketones (excluding diaryl/α,β-unsaturated/α-hetero) is 1. The molecule has 1 aromatic heterocycles. The molecule has 2 atom stereocenters. The molecule has 0 saturated heterocycles. The van der Waals surface area contributed by atoms with Crippen LogP contribution in [0.4, 0.5) is 11.5 Å². The van der Waals surface area contributed by atoms with Crippen molar-refractivity contribution in [2.75, 3.05) is 11.5 Å². The Kier molecular flexibility index (Phi) is 6.79. The van der Waals surface area contributed by atoms with Crippen LogP contribution in [-0.2, 0) is 4.79 Å². The summed E-state index contributed by atoms with van der Waals surface area (Å²) in [6.07, 6.45) is 5.71. The molecule has 1 aliphatic rings. The first-order chi connectivity index (χ1) is 11.4. The number of aromatic amines is 2. The number of hydrogen-bond acceptors (Lipinski definition) is 6. The van der Waals surface area contributed by atoms with Crippen molar-refractivity contribution in [2.24, 2.45) is 16.8 Å². The zero-order valence-electron chi connectivity index (χ0n) is 14.1. The van der Waals surface area contributed by atoms with E-state index in [1.165, 1.54) is 24.6 Å². The van der Waals surface area contributed by atoms with Gasteiger partial charge in [-0.1, -0.05) is 32.6 Å². The van der Waals surface area contributed by atoms with Gasteiger partial charge in [-0.2, -0.15) is 0 Å². The van der Waals surface area contributed by atoms with Gasteiger partial charge in [-0.15, -0.1) is 11.8 Å². The number of nitrogen functional groups attached to an aromatic ring is 1. The van der Waals surface area contributed by atoms with Crippen molar-refractivity contribution < 1.29 is 4.79 Å². The molecular formula is C16H24N4O2S2. The molecule has 1 heterocycles. The van der Waals surface area contributed by atoms with E-state index in [1.54, 1.807) is 6.92 Å². The van der Waals surface area contributed by atoms with Gasteiger partial charge in [-0.25, -0.2) is 4.99 Å². The van der Waals surface area contributed by atoms with Crippen molar-refractivity contribution >= 4 is 46.3 Å². The third kappa shape index (κ3) is 5.04. The normalized spacial score (nSPS) is 22.2. The van der Waals surface area contributed by atoms with Crippen LogP contribution >= 0.6 is 24.0 Å². The Labute approximate surface area is 150 Å². The lowest BCUT2D eigenvalue weighted by atomic mass is 9.87. The van der Waals surface area contributed by atoms with E-state index in [1.807, 2.05) is 0 Å². The van der Waals surface area contributed by atoms with Crippen LogP contribution in [0.25, 0.3) is 0 Å². The smallest absolute Gasteiger partial charge is 0.277 e. The third-order valence-corrected chi connectivity index (χ3v) is 5.57. The van der Waals surface area contributed by atoms with Crippen molar-refractivity contribution in [1.29, 1.82) is 0 Å². The van der Waals surface area contributed by atoms with Crippen LogP contribution in [0.15, 0.2) is 9.79 Å². The van der Waals surface area contributed by atoms with Gasteiger partial charge in [0.1, 0.15) is 11.5 Å². The van der Waals surface area contributed by atoms with E-state index in [9.17, 15) is 9.59 Å². The van der Waals surface area contributed by atoms with Crippen molar-refractivity contribution in [3.63, 3.8) is 0 Å². The highest BCUT2D eigenvalue weighted by molar-refractivity contribution is 8.14. The molecule has 2 unspecified atom stereocenters. The van der Waals surface area contributed by atoms with Gasteiger partial charge < -0.3 is 10.7 Å². The molecule has 0 aliphatic heterocycles. The van der Waals surface area contributed by atoms with E-state index in [4.69, 9.17) is 18.0 Å². The SMILES string of the molecule is C/C(=N\c1[nH]c(=S)[nH]c(=O)c1N)SCC(=O)C1CCCCCC1C. The lowest BCUT2D eigenvalue weighted by molar-refractivity contribution is -0.121. The van der Waals surface area contributed by atoms with E-state index in [0.717, 1.165) is 19.3 Å². The first kappa shape index (κ1) is 18.9. The van der Waals surface area contributed by atoms with Crippen LogP contribution in [0, 0.1) is 16.6 Å². The fraction of sp³-hybridized carbons (Fsp3) is 0.625. The summed E-state index contributed by atoms with van der Waals surface area (Å²) in [5, 5.41) is 0.674. The van der Waals surface area contributed by atoms with Crippen molar-refractivity contribution in [1.82, 2.24) is 9.97 Å². The minimum absolute atomic E-state index is 0.00716. The number of ketones is 1. The molecule has 1 fully saturated rings. The fourth-order valence-corrected chi connectivity index (χ4v) is 3.93. The van der Waals surface area contributed by atoms with E-state index < -0.39 is 5.56 Å². The number of carbonyl (C=O) groups excluding carboxylic acids is 1. The maximum atomic E-state index is 12.5. The van der Waals surface area contributed by atoms with Crippen LogP contribution in [0.3, 0.4) is 0 Å². The Morgan fingerprint density at radius 2 is 2.04 bits per heavy atom. The molecule has 24 heavy (non-hydrogen) atoms. The van der Waals surface area contributed by atoms with Gasteiger partial charge >= 0.3 is 0 Å². The number of carbonyl (C=O) groups is 1. The number of nitrogens with one attached hydrogen (secondary N) is 2. The van der Waals surface area contributed by atoms with Crippen LogP contribution in [-0.4, -0.2) is 26.5 Å². The molecular weight excluding hydrogens is 344 g/mol. The number of aromatic nitrogens is 2. The molecule has 1 aliphatic carbocycles. The van der Waals surface area contributed by atoms with Gasteiger partial charge in [0.2, 0.25) is 0 Å². The van der Waals surface area contributed by atoms with E-state index in [-0.39, 0.29) is 28.0 Å². The van der Waals surface area contributed by atoms with Crippen LogP contribution in [0.1, 0.15) is 46.0 Å². The number of thioether (sulfide) groups is 1. The number of nitrogens with two attached hydrogens (primary N) is 1.